The van der Waals surface area contributed by atoms with E-state index < -0.39 is 5.60 Å². The van der Waals surface area contributed by atoms with E-state index >= 15 is 0 Å². The number of benzene rings is 1. The molecule has 1 aromatic rings. The lowest BCUT2D eigenvalue weighted by molar-refractivity contribution is 0.0549. The number of hydrogen-bond acceptors (Lipinski definition) is 2. The molecule has 0 N–H and O–H groups in total. The molecule has 1 aliphatic rings. The van der Waals surface area contributed by atoms with Gasteiger partial charge in [0.1, 0.15) is 5.60 Å². The standard InChI is InChI=1S/C15H20BrNO2/c1-15(2,3)19-14(18)17(11-7-6-8-11)13-10-5-4-9-12(13)16/h4-5,9-11H,6-8H2,1-3H3. The molecule has 1 aromatic carbocycles. The molecule has 1 amide bonds. The van der Waals surface area contributed by atoms with Gasteiger partial charge in [0.15, 0.2) is 0 Å². The van der Waals surface area contributed by atoms with Gasteiger partial charge in [0, 0.05) is 10.5 Å². The molecule has 0 saturated heterocycles. The van der Waals surface area contributed by atoms with Crippen molar-refractivity contribution in [2.75, 3.05) is 4.90 Å². The molecule has 0 atom stereocenters. The predicted molar refractivity (Wildman–Crippen MR) is 80.5 cm³/mol. The molecule has 0 aliphatic heterocycles. The number of rotatable bonds is 2. The fourth-order valence-corrected chi connectivity index (χ4v) is 2.52. The van der Waals surface area contributed by atoms with Crippen LogP contribution in [0.15, 0.2) is 28.7 Å². The highest BCUT2D eigenvalue weighted by Gasteiger charge is 2.33. The minimum absolute atomic E-state index is 0.258. The Kier molecular flexibility index (Phi) is 4.19. The fourth-order valence-electron chi connectivity index (χ4n) is 2.05. The molecule has 0 bridgehead atoms. The van der Waals surface area contributed by atoms with Crippen LogP contribution in [0.1, 0.15) is 40.0 Å². The van der Waals surface area contributed by atoms with Gasteiger partial charge in [0.2, 0.25) is 0 Å². The summed E-state index contributed by atoms with van der Waals surface area (Å²) in [7, 11) is 0. The number of amides is 1. The van der Waals surface area contributed by atoms with Crippen LogP contribution in [0, 0.1) is 0 Å². The number of para-hydroxylation sites is 1. The monoisotopic (exact) mass is 325 g/mol. The summed E-state index contributed by atoms with van der Waals surface area (Å²) in [6, 6.07) is 8.05. The first kappa shape index (κ1) is 14.4. The van der Waals surface area contributed by atoms with Crippen LogP contribution in [0.4, 0.5) is 10.5 Å². The molecule has 3 nitrogen and oxygen atoms in total. The summed E-state index contributed by atoms with van der Waals surface area (Å²) in [5.41, 5.74) is 0.418. The van der Waals surface area contributed by atoms with Crippen molar-refractivity contribution in [1.29, 1.82) is 0 Å². The third-order valence-electron chi connectivity index (χ3n) is 3.14. The molecular formula is C15H20BrNO2. The Morgan fingerprint density at radius 2 is 1.95 bits per heavy atom. The van der Waals surface area contributed by atoms with Crippen molar-refractivity contribution in [1.82, 2.24) is 0 Å². The third kappa shape index (κ3) is 3.50. The Bertz CT molecular complexity index is 463. The maximum absolute atomic E-state index is 12.4. The van der Waals surface area contributed by atoms with E-state index in [1.54, 1.807) is 4.90 Å². The van der Waals surface area contributed by atoms with Gasteiger partial charge < -0.3 is 4.74 Å². The van der Waals surface area contributed by atoms with Crippen LogP contribution in [0.5, 0.6) is 0 Å². The fraction of sp³-hybridized carbons (Fsp3) is 0.533. The van der Waals surface area contributed by atoms with Gasteiger partial charge in [-0.05, 0) is 68.1 Å². The highest BCUT2D eigenvalue weighted by molar-refractivity contribution is 9.10. The first-order valence-corrected chi connectivity index (χ1v) is 7.44. The second-order valence-electron chi connectivity index (χ2n) is 5.89. The van der Waals surface area contributed by atoms with Crippen molar-refractivity contribution in [3.05, 3.63) is 28.7 Å². The first-order chi connectivity index (χ1) is 8.88. The molecule has 1 aliphatic carbocycles. The topological polar surface area (TPSA) is 29.5 Å². The SMILES string of the molecule is CC(C)(C)OC(=O)N(c1ccccc1Br)C1CCC1. The van der Waals surface area contributed by atoms with Crippen LogP contribution in [0.25, 0.3) is 0 Å². The maximum atomic E-state index is 12.4. The summed E-state index contributed by atoms with van der Waals surface area (Å²) in [6.45, 7) is 5.68. The molecular weight excluding hydrogens is 306 g/mol. The van der Waals surface area contributed by atoms with E-state index in [1.807, 2.05) is 45.0 Å². The molecule has 0 radical (unpaired) electrons. The number of anilines is 1. The molecule has 1 fully saturated rings. The highest BCUT2D eigenvalue weighted by atomic mass is 79.9. The lowest BCUT2D eigenvalue weighted by atomic mass is 9.91. The minimum atomic E-state index is -0.472. The van der Waals surface area contributed by atoms with Gasteiger partial charge in [-0.2, -0.15) is 0 Å². The van der Waals surface area contributed by atoms with Gasteiger partial charge in [-0.15, -0.1) is 0 Å². The van der Waals surface area contributed by atoms with Crippen molar-refractivity contribution in [2.45, 2.75) is 51.7 Å². The predicted octanol–water partition coefficient (Wildman–Crippen LogP) is 4.74. The highest BCUT2D eigenvalue weighted by Crippen LogP contribution is 2.35. The zero-order valence-electron chi connectivity index (χ0n) is 11.6. The Morgan fingerprint density at radius 1 is 1.32 bits per heavy atom. The van der Waals surface area contributed by atoms with Crippen molar-refractivity contribution < 1.29 is 9.53 Å². The van der Waals surface area contributed by atoms with Gasteiger partial charge in [0.05, 0.1) is 5.69 Å². The molecule has 0 aromatic heterocycles. The third-order valence-corrected chi connectivity index (χ3v) is 3.81. The van der Waals surface area contributed by atoms with Crippen LogP contribution in [0.2, 0.25) is 0 Å². The largest absolute Gasteiger partial charge is 0.443 e. The molecule has 104 valence electrons. The lowest BCUT2D eigenvalue weighted by Crippen LogP contribution is -2.47. The quantitative estimate of drug-likeness (QED) is 0.785. The number of halogens is 1. The normalized spacial score (nSPS) is 15.8. The van der Waals surface area contributed by atoms with E-state index in [-0.39, 0.29) is 12.1 Å². The summed E-state index contributed by atoms with van der Waals surface area (Å²) >= 11 is 3.52. The second-order valence-corrected chi connectivity index (χ2v) is 6.74. The van der Waals surface area contributed by atoms with Gasteiger partial charge >= 0.3 is 6.09 Å². The molecule has 4 heteroatoms. The average Bonchev–Trinajstić information content (AvgIpc) is 2.21. The summed E-state index contributed by atoms with van der Waals surface area (Å²) in [4.78, 5) is 14.2. The van der Waals surface area contributed by atoms with Gasteiger partial charge in [-0.3, -0.25) is 4.90 Å². The minimum Gasteiger partial charge on any atom is -0.443 e. The van der Waals surface area contributed by atoms with E-state index in [0.717, 1.165) is 23.0 Å². The number of ether oxygens (including phenoxy) is 1. The lowest BCUT2D eigenvalue weighted by Gasteiger charge is -2.38. The number of carbonyl (C=O) groups is 1. The number of carbonyl (C=O) groups excluding carboxylic acids is 1. The van der Waals surface area contributed by atoms with Gasteiger partial charge in [-0.25, -0.2) is 4.79 Å². The zero-order valence-corrected chi connectivity index (χ0v) is 13.2. The maximum Gasteiger partial charge on any atom is 0.415 e. The van der Waals surface area contributed by atoms with Crippen LogP contribution < -0.4 is 4.90 Å². The summed E-state index contributed by atoms with van der Waals surface area (Å²) in [5.74, 6) is 0. The Balaban J connectivity index is 2.26. The van der Waals surface area contributed by atoms with Crippen LogP contribution in [0.3, 0.4) is 0 Å². The number of hydrogen-bond donors (Lipinski definition) is 0. The van der Waals surface area contributed by atoms with Crippen molar-refractivity contribution in [2.24, 2.45) is 0 Å². The molecule has 0 spiro atoms. The van der Waals surface area contributed by atoms with Crippen molar-refractivity contribution in [3.63, 3.8) is 0 Å². The Labute approximate surface area is 123 Å². The van der Waals surface area contributed by atoms with Gasteiger partial charge in [0.25, 0.3) is 0 Å². The van der Waals surface area contributed by atoms with Crippen LogP contribution in [-0.2, 0) is 4.74 Å². The molecule has 1 saturated carbocycles. The smallest absolute Gasteiger partial charge is 0.415 e. The molecule has 0 unspecified atom stereocenters. The second kappa shape index (κ2) is 5.53. The van der Waals surface area contributed by atoms with Crippen LogP contribution >= 0.6 is 15.9 Å². The summed E-state index contributed by atoms with van der Waals surface area (Å²) in [5, 5.41) is 0. The van der Waals surface area contributed by atoms with E-state index in [0.29, 0.717) is 0 Å². The van der Waals surface area contributed by atoms with Crippen molar-refractivity contribution >= 4 is 27.7 Å². The Hall–Kier alpha value is -1.03. The van der Waals surface area contributed by atoms with E-state index in [9.17, 15) is 4.79 Å². The Morgan fingerprint density at radius 3 is 2.42 bits per heavy atom. The molecule has 2 rings (SSSR count). The average molecular weight is 326 g/mol. The van der Waals surface area contributed by atoms with Gasteiger partial charge in [-0.1, -0.05) is 12.1 Å². The summed E-state index contributed by atoms with van der Waals surface area (Å²) < 4.78 is 6.46. The van der Waals surface area contributed by atoms with E-state index in [4.69, 9.17) is 4.74 Å². The summed E-state index contributed by atoms with van der Waals surface area (Å²) in [6.07, 6.45) is 3.00. The number of nitrogens with zero attached hydrogens (tertiary/aromatic N) is 1. The van der Waals surface area contributed by atoms with Crippen molar-refractivity contribution in [3.8, 4) is 0 Å². The molecule has 0 heterocycles. The molecule has 19 heavy (non-hydrogen) atoms. The van der Waals surface area contributed by atoms with E-state index in [1.165, 1.54) is 6.42 Å². The van der Waals surface area contributed by atoms with E-state index in [2.05, 4.69) is 15.9 Å². The van der Waals surface area contributed by atoms with Crippen LogP contribution in [-0.4, -0.2) is 17.7 Å². The zero-order chi connectivity index (χ0) is 14.0. The first-order valence-electron chi connectivity index (χ1n) is 6.65.